The summed E-state index contributed by atoms with van der Waals surface area (Å²) in [5.74, 6) is 0. The van der Waals surface area contributed by atoms with Gasteiger partial charge in [0.05, 0.1) is 0 Å². The van der Waals surface area contributed by atoms with Gasteiger partial charge in [0, 0.05) is 34.0 Å². The van der Waals surface area contributed by atoms with Gasteiger partial charge in [0.25, 0.3) is 0 Å². The van der Waals surface area contributed by atoms with Crippen LogP contribution in [0.15, 0.2) is 30.5 Å². The van der Waals surface area contributed by atoms with E-state index in [9.17, 15) is 0 Å². The second kappa shape index (κ2) is 3.72. The standard InChI is InChI=1S/C10H9BrClN/c11-4-6-13-5-3-8-7-9(12)1-2-10(8)13/h1-3,5,7H,4,6H2. The maximum atomic E-state index is 5.89. The molecule has 0 aliphatic carbocycles. The van der Waals surface area contributed by atoms with E-state index in [1.807, 2.05) is 12.1 Å². The molecule has 0 saturated carbocycles. The highest BCUT2D eigenvalue weighted by Crippen LogP contribution is 2.20. The van der Waals surface area contributed by atoms with Crippen molar-refractivity contribution in [2.45, 2.75) is 6.54 Å². The summed E-state index contributed by atoms with van der Waals surface area (Å²) in [5, 5.41) is 2.97. The van der Waals surface area contributed by atoms with Crippen LogP contribution in [0.1, 0.15) is 0 Å². The molecule has 1 heterocycles. The number of rotatable bonds is 2. The lowest BCUT2D eigenvalue weighted by atomic mass is 10.2. The van der Waals surface area contributed by atoms with E-state index in [1.165, 1.54) is 10.9 Å². The molecule has 3 heteroatoms. The minimum Gasteiger partial charge on any atom is -0.347 e. The molecule has 1 aromatic heterocycles. The lowest BCUT2D eigenvalue weighted by Gasteiger charge is -2.01. The van der Waals surface area contributed by atoms with Gasteiger partial charge in [-0.05, 0) is 24.3 Å². The van der Waals surface area contributed by atoms with Crippen LogP contribution in [-0.4, -0.2) is 9.90 Å². The van der Waals surface area contributed by atoms with E-state index in [-0.39, 0.29) is 0 Å². The molecule has 0 bridgehead atoms. The first-order valence-electron chi connectivity index (χ1n) is 4.11. The van der Waals surface area contributed by atoms with Gasteiger partial charge in [-0.3, -0.25) is 0 Å². The molecule has 0 unspecified atom stereocenters. The third-order valence-corrected chi connectivity index (χ3v) is 2.65. The summed E-state index contributed by atoms with van der Waals surface area (Å²) < 4.78 is 2.21. The molecule has 1 nitrogen and oxygen atoms in total. The lowest BCUT2D eigenvalue weighted by Crippen LogP contribution is -1.95. The first-order valence-corrected chi connectivity index (χ1v) is 5.61. The summed E-state index contributed by atoms with van der Waals surface area (Å²) in [6, 6.07) is 8.06. The van der Waals surface area contributed by atoms with Crippen molar-refractivity contribution in [2.75, 3.05) is 5.33 Å². The first kappa shape index (κ1) is 9.10. The quantitative estimate of drug-likeness (QED) is 0.724. The number of hydrogen-bond acceptors (Lipinski definition) is 0. The predicted molar refractivity (Wildman–Crippen MR) is 60.7 cm³/mol. The van der Waals surface area contributed by atoms with Crippen molar-refractivity contribution in [3.05, 3.63) is 35.5 Å². The summed E-state index contributed by atoms with van der Waals surface area (Å²) in [6.07, 6.45) is 2.09. The number of benzene rings is 1. The van der Waals surface area contributed by atoms with Crippen molar-refractivity contribution in [1.82, 2.24) is 4.57 Å². The van der Waals surface area contributed by atoms with Gasteiger partial charge in [0.1, 0.15) is 0 Å². The van der Waals surface area contributed by atoms with Crippen molar-refractivity contribution in [3.63, 3.8) is 0 Å². The van der Waals surface area contributed by atoms with Crippen LogP contribution in [0.25, 0.3) is 10.9 Å². The average molecular weight is 259 g/mol. The minimum absolute atomic E-state index is 0.795. The van der Waals surface area contributed by atoms with Crippen LogP contribution in [0.3, 0.4) is 0 Å². The number of halogens is 2. The molecule has 13 heavy (non-hydrogen) atoms. The average Bonchev–Trinajstić information content (AvgIpc) is 2.49. The molecule has 68 valence electrons. The molecule has 0 radical (unpaired) electrons. The Morgan fingerprint density at radius 2 is 2.15 bits per heavy atom. The summed E-state index contributed by atoms with van der Waals surface area (Å²) in [4.78, 5) is 0. The van der Waals surface area contributed by atoms with Crippen molar-refractivity contribution in [3.8, 4) is 0 Å². The third-order valence-electron chi connectivity index (χ3n) is 2.06. The first-order chi connectivity index (χ1) is 6.31. The Balaban J connectivity index is 2.55. The molecular weight excluding hydrogens is 249 g/mol. The van der Waals surface area contributed by atoms with Crippen molar-refractivity contribution in [2.24, 2.45) is 0 Å². The van der Waals surface area contributed by atoms with E-state index >= 15 is 0 Å². The fourth-order valence-electron chi connectivity index (χ4n) is 1.46. The van der Waals surface area contributed by atoms with Crippen LogP contribution in [0, 0.1) is 0 Å². The van der Waals surface area contributed by atoms with E-state index in [0.717, 1.165) is 16.9 Å². The van der Waals surface area contributed by atoms with Crippen molar-refractivity contribution >= 4 is 38.4 Å². The van der Waals surface area contributed by atoms with Gasteiger partial charge in [-0.2, -0.15) is 0 Å². The SMILES string of the molecule is Clc1ccc2c(ccn2CCBr)c1. The van der Waals surface area contributed by atoms with Crippen LogP contribution < -0.4 is 0 Å². The zero-order valence-corrected chi connectivity index (χ0v) is 9.35. The second-order valence-corrected chi connectivity index (χ2v) is 4.13. The smallest absolute Gasteiger partial charge is 0.0481 e. The lowest BCUT2D eigenvalue weighted by molar-refractivity contribution is 0.812. The Bertz CT molecular complexity index is 422. The molecule has 2 aromatic rings. The van der Waals surface area contributed by atoms with Gasteiger partial charge in [0.2, 0.25) is 0 Å². The molecule has 0 amide bonds. The highest BCUT2D eigenvalue weighted by Gasteiger charge is 1.99. The van der Waals surface area contributed by atoms with Crippen molar-refractivity contribution in [1.29, 1.82) is 0 Å². The second-order valence-electron chi connectivity index (χ2n) is 2.90. The van der Waals surface area contributed by atoms with Gasteiger partial charge in [-0.1, -0.05) is 27.5 Å². The summed E-state index contributed by atoms with van der Waals surface area (Å²) in [7, 11) is 0. The highest BCUT2D eigenvalue weighted by atomic mass is 79.9. The summed E-state index contributed by atoms with van der Waals surface area (Å²) >= 11 is 9.31. The molecule has 0 saturated heterocycles. The number of aromatic nitrogens is 1. The summed E-state index contributed by atoms with van der Waals surface area (Å²) in [6.45, 7) is 0.991. The highest BCUT2D eigenvalue weighted by molar-refractivity contribution is 9.09. The molecule has 2 rings (SSSR count). The fraction of sp³-hybridized carbons (Fsp3) is 0.200. The molecular formula is C10H9BrClN. The van der Waals surface area contributed by atoms with Gasteiger partial charge in [-0.15, -0.1) is 0 Å². The Hall–Kier alpha value is -0.470. The number of fused-ring (bicyclic) bond motifs is 1. The topological polar surface area (TPSA) is 4.93 Å². The fourth-order valence-corrected chi connectivity index (χ4v) is 2.02. The van der Waals surface area contributed by atoms with Crippen molar-refractivity contribution < 1.29 is 0 Å². The van der Waals surface area contributed by atoms with Gasteiger partial charge in [0.15, 0.2) is 0 Å². The molecule has 0 aliphatic rings. The monoisotopic (exact) mass is 257 g/mol. The van der Waals surface area contributed by atoms with Gasteiger partial charge >= 0.3 is 0 Å². The largest absolute Gasteiger partial charge is 0.347 e. The molecule has 1 aromatic carbocycles. The van der Waals surface area contributed by atoms with Crippen LogP contribution in [0.5, 0.6) is 0 Å². The van der Waals surface area contributed by atoms with E-state index in [0.29, 0.717) is 0 Å². The van der Waals surface area contributed by atoms with E-state index in [4.69, 9.17) is 11.6 Å². The van der Waals surface area contributed by atoms with E-state index in [1.54, 1.807) is 0 Å². The predicted octanol–water partition coefficient (Wildman–Crippen LogP) is 3.69. The minimum atomic E-state index is 0.795. The van der Waals surface area contributed by atoms with Crippen LogP contribution in [0.2, 0.25) is 5.02 Å². The Morgan fingerprint density at radius 3 is 2.92 bits per heavy atom. The molecule has 0 N–H and O–H groups in total. The Morgan fingerprint density at radius 1 is 1.31 bits per heavy atom. The van der Waals surface area contributed by atoms with Crippen LogP contribution >= 0.6 is 27.5 Å². The molecule has 0 spiro atoms. The van der Waals surface area contributed by atoms with Gasteiger partial charge < -0.3 is 4.57 Å². The number of hydrogen-bond donors (Lipinski definition) is 0. The maximum Gasteiger partial charge on any atom is 0.0481 e. The molecule has 0 aliphatic heterocycles. The molecule has 0 fully saturated rings. The zero-order chi connectivity index (χ0) is 9.26. The third kappa shape index (κ3) is 1.74. The number of aryl methyl sites for hydroxylation is 1. The normalized spacial score (nSPS) is 10.9. The number of alkyl halides is 1. The van der Waals surface area contributed by atoms with Crippen LogP contribution in [-0.2, 0) is 6.54 Å². The number of nitrogens with zero attached hydrogens (tertiary/aromatic N) is 1. The maximum absolute atomic E-state index is 5.89. The van der Waals surface area contributed by atoms with Gasteiger partial charge in [-0.25, -0.2) is 0 Å². The Kier molecular flexibility index (Phi) is 2.61. The Labute approximate surface area is 90.4 Å². The van der Waals surface area contributed by atoms with E-state index < -0.39 is 0 Å². The molecule has 0 atom stereocenters. The van der Waals surface area contributed by atoms with E-state index in [2.05, 4.69) is 38.8 Å². The zero-order valence-electron chi connectivity index (χ0n) is 7.00. The van der Waals surface area contributed by atoms with Crippen LogP contribution in [0.4, 0.5) is 0 Å². The summed E-state index contributed by atoms with van der Waals surface area (Å²) in [5.41, 5.74) is 1.24.